The number of hydrogen-bond donors (Lipinski definition) is 3. The Kier molecular flexibility index (Phi) is 4.13. The monoisotopic (exact) mass is 417 g/mol. The SMILES string of the molecule is Cn1cc(-c2nc3c4c(C5CC5)cccc4nc(NC4CNCCNC4=O)n3n2)cn1. The van der Waals surface area contributed by atoms with Gasteiger partial charge < -0.3 is 16.0 Å². The van der Waals surface area contributed by atoms with Crippen LogP contribution in [-0.2, 0) is 11.8 Å². The highest BCUT2D eigenvalue weighted by Gasteiger charge is 2.29. The van der Waals surface area contributed by atoms with Gasteiger partial charge in [0.1, 0.15) is 6.04 Å². The van der Waals surface area contributed by atoms with Gasteiger partial charge in [0.05, 0.1) is 17.3 Å². The van der Waals surface area contributed by atoms with Gasteiger partial charge >= 0.3 is 0 Å². The largest absolute Gasteiger partial charge is 0.353 e. The van der Waals surface area contributed by atoms with Gasteiger partial charge in [0, 0.05) is 38.3 Å². The number of amides is 1. The van der Waals surface area contributed by atoms with Crippen LogP contribution < -0.4 is 16.0 Å². The molecule has 1 amide bonds. The van der Waals surface area contributed by atoms with Crippen molar-refractivity contribution >= 4 is 28.4 Å². The molecule has 1 atom stereocenters. The summed E-state index contributed by atoms with van der Waals surface area (Å²) in [7, 11) is 1.87. The van der Waals surface area contributed by atoms with Crippen LogP contribution in [-0.4, -0.2) is 60.9 Å². The van der Waals surface area contributed by atoms with E-state index in [1.54, 1.807) is 15.4 Å². The summed E-state index contributed by atoms with van der Waals surface area (Å²) in [6, 6.07) is 5.75. The Morgan fingerprint density at radius 1 is 1.19 bits per heavy atom. The van der Waals surface area contributed by atoms with Gasteiger partial charge in [-0.1, -0.05) is 12.1 Å². The van der Waals surface area contributed by atoms with Crippen LogP contribution in [0.2, 0.25) is 0 Å². The molecule has 1 aromatic carbocycles. The molecule has 1 unspecified atom stereocenters. The van der Waals surface area contributed by atoms with E-state index in [1.807, 2.05) is 25.4 Å². The molecule has 6 rings (SSSR count). The summed E-state index contributed by atoms with van der Waals surface area (Å²) in [5.74, 6) is 1.57. The zero-order chi connectivity index (χ0) is 20.9. The average Bonchev–Trinajstić information content (AvgIpc) is 3.42. The van der Waals surface area contributed by atoms with Gasteiger partial charge in [0.15, 0.2) is 11.5 Å². The van der Waals surface area contributed by atoms with E-state index in [0.717, 1.165) is 28.7 Å². The molecule has 3 N–H and O–H groups in total. The van der Waals surface area contributed by atoms with E-state index in [2.05, 4.69) is 27.1 Å². The summed E-state index contributed by atoms with van der Waals surface area (Å²) < 4.78 is 3.46. The lowest BCUT2D eigenvalue weighted by molar-refractivity contribution is -0.121. The van der Waals surface area contributed by atoms with Crippen molar-refractivity contribution < 1.29 is 4.79 Å². The van der Waals surface area contributed by atoms with Crippen molar-refractivity contribution in [3.8, 4) is 11.4 Å². The Hall–Kier alpha value is -3.53. The molecule has 3 aromatic heterocycles. The Labute approximate surface area is 178 Å². The normalized spacial score (nSPS) is 19.5. The molecule has 1 aliphatic carbocycles. The lowest BCUT2D eigenvalue weighted by Gasteiger charge is -2.17. The van der Waals surface area contributed by atoms with Crippen LogP contribution >= 0.6 is 0 Å². The predicted octanol–water partition coefficient (Wildman–Crippen LogP) is 1.06. The highest BCUT2D eigenvalue weighted by atomic mass is 16.2. The topological polar surface area (TPSA) is 114 Å². The summed E-state index contributed by atoms with van der Waals surface area (Å²) in [6.45, 7) is 1.86. The average molecular weight is 417 g/mol. The first-order valence-electron chi connectivity index (χ1n) is 10.6. The van der Waals surface area contributed by atoms with Gasteiger partial charge in [-0.15, -0.1) is 5.10 Å². The Morgan fingerprint density at radius 2 is 2.10 bits per heavy atom. The summed E-state index contributed by atoms with van der Waals surface area (Å²) in [5.41, 5.74) is 3.70. The molecule has 1 saturated carbocycles. The number of hydrogen-bond acceptors (Lipinski definition) is 7. The van der Waals surface area contributed by atoms with Gasteiger partial charge in [-0.05, 0) is 30.4 Å². The summed E-state index contributed by atoms with van der Waals surface area (Å²) in [5, 5.41) is 19.5. The fraction of sp³-hybridized carbons (Fsp3) is 0.381. The number of aromatic nitrogens is 6. The van der Waals surface area contributed by atoms with Crippen molar-refractivity contribution in [3.63, 3.8) is 0 Å². The molecule has 158 valence electrons. The van der Waals surface area contributed by atoms with Crippen LogP contribution in [0.25, 0.3) is 27.9 Å². The molecule has 0 spiro atoms. The van der Waals surface area contributed by atoms with E-state index < -0.39 is 6.04 Å². The molecule has 1 saturated heterocycles. The van der Waals surface area contributed by atoms with Gasteiger partial charge in [-0.25, -0.2) is 9.97 Å². The summed E-state index contributed by atoms with van der Waals surface area (Å²) in [4.78, 5) is 22.3. The number of nitrogens with zero attached hydrogens (tertiary/aromatic N) is 6. The molecule has 1 aliphatic heterocycles. The molecule has 10 nitrogen and oxygen atoms in total. The lowest BCUT2D eigenvalue weighted by atomic mass is 10.1. The fourth-order valence-corrected chi connectivity index (χ4v) is 4.17. The second-order valence-electron chi connectivity index (χ2n) is 8.22. The first-order valence-corrected chi connectivity index (χ1v) is 10.6. The van der Waals surface area contributed by atoms with E-state index in [-0.39, 0.29) is 5.91 Å². The van der Waals surface area contributed by atoms with Crippen molar-refractivity contribution in [1.29, 1.82) is 0 Å². The summed E-state index contributed by atoms with van der Waals surface area (Å²) in [6.07, 6.45) is 6.01. The standard InChI is InChI=1S/C21H23N9O/c1-29-11-13(9-24-29)18-27-19-17-14(12-5-6-12)3-2-4-15(17)25-21(30(19)28-18)26-16-10-22-7-8-23-20(16)31/h2-4,9,11-12,16,22H,5-8,10H2,1H3,(H,23,31)(H,25,26). The third kappa shape index (κ3) is 3.19. The first kappa shape index (κ1) is 18.3. The van der Waals surface area contributed by atoms with Crippen LogP contribution in [0.1, 0.15) is 24.3 Å². The molecule has 2 fully saturated rings. The highest BCUT2D eigenvalue weighted by molar-refractivity contribution is 5.96. The zero-order valence-electron chi connectivity index (χ0n) is 17.2. The molecule has 31 heavy (non-hydrogen) atoms. The highest BCUT2D eigenvalue weighted by Crippen LogP contribution is 2.44. The van der Waals surface area contributed by atoms with Crippen LogP contribution in [0.15, 0.2) is 30.6 Å². The van der Waals surface area contributed by atoms with Crippen molar-refractivity contribution in [1.82, 2.24) is 40.0 Å². The number of nitrogens with one attached hydrogen (secondary N) is 3. The number of rotatable bonds is 4. The molecular formula is C21H23N9O. The lowest BCUT2D eigenvalue weighted by Crippen LogP contribution is -2.42. The van der Waals surface area contributed by atoms with Crippen molar-refractivity contribution in [2.45, 2.75) is 24.8 Å². The van der Waals surface area contributed by atoms with Crippen molar-refractivity contribution in [2.24, 2.45) is 7.05 Å². The molecule has 0 bridgehead atoms. The Bertz CT molecular complexity index is 1300. The predicted molar refractivity (Wildman–Crippen MR) is 116 cm³/mol. The number of carbonyl (C=O) groups is 1. The number of aryl methyl sites for hydroxylation is 1. The third-order valence-electron chi connectivity index (χ3n) is 5.88. The van der Waals surface area contributed by atoms with Gasteiger partial charge in [-0.2, -0.15) is 9.61 Å². The minimum absolute atomic E-state index is 0.0561. The molecule has 4 aromatic rings. The molecule has 2 aliphatic rings. The van der Waals surface area contributed by atoms with E-state index >= 15 is 0 Å². The molecule has 4 heterocycles. The van der Waals surface area contributed by atoms with Crippen LogP contribution in [0.3, 0.4) is 0 Å². The minimum Gasteiger partial charge on any atom is -0.353 e. The zero-order valence-corrected chi connectivity index (χ0v) is 17.2. The van der Waals surface area contributed by atoms with Crippen molar-refractivity contribution in [2.75, 3.05) is 25.0 Å². The maximum atomic E-state index is 12.5. The van der Waals surface area contributed by atoms with Gasteiger partial charge in [-0.3, -0.25) is 9.48 Å². The van der Waals surface area contributed by atoms with Crippen LogP contribution in [0, 0.1) is 0 Å². The molecule has 0 radical (unpaired) electrons. The number of anilines is 1. The van der Waals surface area contributed by atoms with E-state index in [9.17, 15) is 4.79 Å². The minimum atomic E-state index is -0.451. The van der Waals surface area contributed by atoms with E-state index in [1.165, 1.54) is 18.4 Å². The molecule has 10 heteroatoms. The Balaban J connectivity index is 1.55. The van der Waals surface area contributed by atoms with E-state index in [4.69, 9.17) is 15.1 Å². The van der Waals surface area contributed by atoms with Crippen LogP contribution in [0.4, 0.5) is 5.95 Å². The Morgan fingerprint density at radius 3 is 2.90 bits per heavy atom. The summed E-state index contributed by atoms with van der Waals surface area (Å²) >= 11 is 0. The maximum absolute atomic E-state index is 12.5. The van der Waals surface area contributed by atoms with Gasteiger partial charge in [0.2, 0.25) is 11.9 Å². The second-order valence-corrected chi connectivity index (χ2v) is 8.22. The quantitative estimate of drug-likeness (QED) is 0.455. The van der Waals surface area contributed by atoms with Crippen molar-refractivity contribution in [3.05, 3.63) is 36.2 Å². The number of benzene rings is 1. The van der Waals surface area contributed by atoms with E-state index in [0.29, 0.717) is 30.8 Å². The van der Waals surface area contributed by atoms with Crippen LogP contribution in [0.5, 0.6) is 0 Å². The second kappa shape index (κ2) is 7.02. The van der Waals surface area contributed by atoms with Gasteiger partial charge in [0.25, 0.3) is 0 Å². The first-order chi connectivity index (χ1) is 15.2. The number of carbonyl (C=O) groups excluding carboxylic acids is 1. The smallest absolute Gasteiger partial charge is 0.243 e. The maximum Gasteiger partial charge on any atom is 0.243 e. The number of fused-ring (bicyclic) bond motifs is 3. The fourth-order valence-electron chi connectivity index (χ4n) is 4.17. The third-order valence-corrected chi connectivity index (χ3v) is 5.88. The molecular weight excluding hydrogens is 394 g/mol.